The molecule has 1 aliphatic rings. The van der Waals surface area contributed by atoms with Crippen molar-refractivity contribution in [1.29, 1.82) is 0 Å². The van der Waals surface area contributed by atoms with Crippen molar-refractivity contribution >= 4 is 16.9 Å². The molecule has 0 aromatic carbocycles. The molecular formula is C10H16N4OS. The maximum absolute atomic E-state index is 5.02. The van der Waals surface area contributed by atoms with E-state index in [0.29, 0.717) is 17.0 Å². The van der Waals surface area contributed by atoms with E-state index in [0.717, 1.165) is 24.7 Å². The first-order valence-electron chi connectivity index (χ1n) is 5.52. The molecule has 0 saturated carbocycles. The topological polar surface area (TPSA) is 63.3 Å². The minimum absolute atomic E-state index is 0.646. The molecule has 0 aliphatic carbocycles. The number of rotatable bonds is 4. The lowest BCUT2D eigenvalue weighted by atomic mass is 10.3. The fourth-order valence-corrected chi connectivity index (χ4v) is 2.41. The zero-order valence-corrected chi connectivity index (χ0v) is 10.4. The van der Waals surface area contributed by atoms with E-state index in [4.69, 9.17) is 4.52 Å². The zero-order valence-electron chi connectivity index (χ0n) is 9.56. The normalized spacial score (nSPS) is 19.9. The molecule has 0 saturated heterocycles. The fourth-order valence-electron chi connectivity index (χ4n) is 1.45. The minimum atomic E-state index is 0.646. The summed E-state index contributed by atoms with van der Waals surface area (Å²) in [7, 11) is 0. The van der Waals surface area contributed by atoms with Crippen LogP contribution < -0.4 is 5.32 Å². The van der Waals surface area contributed by atoms with Gasteiger partial charge in [0.25, 0.3) is 0 Å². The van der Waals surface area contributed by atoms with E-state index in [1.807, 2.05) is 18.7 Å². The Bertz CT molecular complexity index is 377. The number of nitrogens with one attached hydrogen (secondary N) is 1. The highest BCUT2D eigenvalue weighted by Crippen LogP contribution is 2.21. The van der Waals surface area contributed by atoms with Gasteiger partial charge in [-0.2, -0.15) is 4.98 Å². The molecule has 0 radical (unpaired) electrons. The summed E-state index contributed by atoms with van der Waals surface area (Å²) in [6.45, 7) is 5.74. The molecule has 0 amide bonds. The van der Waals surface area contributed by atoms with Crippen LogP contribution >= 0.6 is 11.8 Å². The van der Waals surface area contributed by atoms with E-state index < -0.39 is 0 Å². The largest absolute Gasteiger partial charge is 0.364 e. The van der Waals surface area contributed by atoms with Crippen LogP contribution in [0.2, 0.25) is 0 Å². The molecule has 0 spiro atoms. The van der Waals surface area contributed by atoms with E-state index in [1.165, 1.54) is 6.42 Å². The Hall–Kier alpha value is -1.04. The second-order valence-electron chi connectivity index (χ2n) is 3.71. The van der Waals surface area contributed by atoms with Crippen molar-refractivity contribution in [3.05, 3.63) is 11.7 Å². The standard InChI is InChI=1S/C10H16N4OS/c1-3-8-6-12-10(16-8)11-5-4-9-13-7(2)14-15-9/h8H,3-6H2,1-2H3,(H,11,12). The van der Waals surface area contributed by atoms with Crippen molar-refractivity contribution in [2.45, 2.75) is 31.9 Å². The van der Waals surface area contributed by atoms with Gasteiger partial charge in [-0.15, -0.1) is 0 Å². The van der Waals surface area contributed by atoms with Crippen molar-refractivity contribution in [3.63, 3.8) is 0 Å². The van der Waals surface area contributed by atoms with Gasteiger partial charge in [0.1, 0.15) is 0 Å². The molecule has 1 N–H and O–H groups in total. The van der Waals surface area contributed by atoms with Gasteiger partial charge in [0.15, 0.2) is 11.0 Å². The summed E-state index contributed by atoms with van der Waals surface area (Å²) >= 11 is 1.82. The summed E-state index contributed by atoms with van der Waals surface area (Å²) in [4.78, 5) is 8.57. The van der Waals surface area contributed by atoms with E-state index in [1.54, 1.807) is 0 Å². The predicted molar refractivity (Wildman–Crippen MR) is 64.7 cm³/mol. The third kappa shape index (κ3) is 2.98. The van der Waals surface area contributed by atoms with Crippen LogP contribution in [0.5, 0.6) is 0 Å². The number of hydrogen-bond acceptors (Lipinski definition) is 6. The molecule has 5 nitrogen and oxygen atoms in total. The molecule has 2 heterocycles. The second-order valence-corrected chi connectivity index (χ2v) is 5.00. The summed E-state index contributed by atoms with van der Waals surface area (Å²) in [5.74, 6) is 1.37. The van der Waals surface area contributed by atoms with Gasteiger partial charge in [-0.05, 0) is 13.3 Å². The number of nitrogens with zero attached hydrogens (tertiary/aromatic N) is 3. The van der Waals surface area contributed by atoms with Gasteiger partial charge in [0, 0.05) is 18.2 Å². The van der Waals surface area contributed by atoms with E-state index >= 15 is 0 Å². The molecular weight excluding hydrogens is 224 g/mol. The van der Waals surface area contributed by atoms with Crippen LogP contribution in [0, 0.1) is 6.92 Å². The number of thioether (sulfide) groups is 1. The molecule has 6 heteroatoms. The molecule has 1 aromatic heterocycles. The third-order valence-electron chi connectivity index (χ3n) is 2.36. The van der Waals surface area contributed by atoms with Crippen molar-refractivity contribution in [2.24, 2.45) is 4.99 Å². The summed E-state index contributed by atoms with van der Waals surface area (Å²) < 4.78 is 5.02. The molecule has 1 unspecified atom stereocenters. The van der Waals surface area contributed by atoms with Gasteiger partial charge < -0.3 is 9.84 Å². The lowest BCUT2D eigenvalue weighted by molar-refractivity contribution is 0.375. The smallest absolute Gasteiger partial charge is 0.228 e. The van der Waals surface area contributed by atoms with Gasteiger partial charge in [-0.25, -0.2) is 0 Å². The van der Waals surface area contributed by atoms with Crippen LogP contribution in [0.25, 0.3) is 0 Å². The highest BCUT2D eigenvalue weighted by molar-refractivity contribution is 8.14. The third-order valence-corrected chi connectivity index (χ3v) is 3.67. The van der Waals surface area contributed by atoms with Crippen LogP contribution in [0.15, 0.2) is 9.52 Å². The molecule has 0 bridgehead atoms. The van der Waals surface area contributed by atoms with Crippen LogP contribution in [0.1, 0.15) is 25.1 Å². The van der Waals surface area contributed by atoms with Crippen molar-refractivity contribution in [1.82, 2.24) is 15.5 Å². The maximum atomic E-state index is 5.02. The van der Waals surface area contributed by atoms with Gasteiger partial charge in [0.05, 0.1) is 6.54 Å². The molecule has 0 fully saturated rings. The molecule has 2 rings (SSSR count). The van der Waals surface area contributed by atoms with Crippen molar-refractivity contribution in [3.8, 4) is 0 Å². The highest BCUT2D eigenvalue weighted by Gasteiger charge is 2.17. The van der Waals surface area contributed by atoms with Crippen LogP contribution in [-0.2, 0) is 6.42 Å². The number of aryl methyl sites for hydroxylation is 1. The van der Waals surface area contributed by atoms with Crippen LogP contribution in [0.4, 0.5) is 0 Å². The number of aromatic nitrogens is 2. The summed E-state index contributed by atoms with van der Waals surface area (Å²) in [5.41, 5.74) is 0. The van der Waals surface area contributed by atoms with Crippen LogP contribution in [0.3, 0.4) is 0 Å². The number of amidine groups is 1. The predicted octanol–water partition coefficient (Wildman–Crippen LogP) is 1.39. The van der Waals surface area contributed by atoms with E-state index in [-0.39, 0.29) is 0 Å². The first-order chi connectivity index (χ1) is 7.78. The van der Waals surface area contributed by atoms with Crippen molar-refractivity contribution < 1.29 is 4.52 Å². The first-order valence-corrected chi connectivity index (χ1v) is 6.40. The average Bonchev–Trinajstić information content (AvgIpc) is 2.88. The Labute approximate surface area is 99.1 Å². The van der Waals surface area contributed by atoms with Gasteiger partial charge >= 0.3 is 0 Å². The maximum Gasteiger partial charge on any atom is 0.228 e. The zero-order chi connectivity index (χ0) is 11.4. The monoisotopic (exact) mass is 240 g/mol. The van der Waals surface area contributed by atoms with Crippen LogP contribution in [-0.4, -0.2) is 33.6 Å². The highest BCUT2D eigenvalue weighted by atomic mass is 32.2. The summed E-state index contributed by atoms with van der Waals surface area (Å²) in [6.07, 6.45) is 1.92. The Kier molecular flexibility index (Phi) is 3.82. The van der Waals surface area contributed by atoms with Crippen molar-refractivity contribution in [2.75, 3.05) is 13.1 Å². The molecule has 1 aliphatic heterocycles. The van der Waals surface area contributed by atoms with E-state index in [9.17, 15) is 0 Å². The first kappa shape index (κ1) is 11.4. The number of hydrogen-bond donors (Lipinski definition) is 1. The minimum Gasteiger partial charge on any atom is -0.364 e. The lowest BCUT2D eigenvalue weighted by Gasteiger charge is -2.05. The molecule has 1 aromatic rings. The molecule has 1 atom stereocenters. The summed E-state index contributed by atoms with van der Waals surface area (Å²) in [5, 5.41) is 8.72. The quantitative estimate of drug-likeness (QED) is 0.861. The molecule has 16 heavy (non-hydrogen) atoms. The lowest BCUT2D eigenvalue weighted by Crippen LogP contribution is -2.22. The van der Waals surface area contributed by atoms with Gasteiger partial charge in [0.2, 0.25) is 5.89 Å². The van der Waals surface area contributed by atoms with E-state index in [2.05, 4.69) is 27.4 Å². The summed E-state index contributed by atoms with van der Waals surface area (Å²) in [6, 6.07) is 0. The Morgan fingerprint density at radius 1 is 1.56 bits per heavy atom. The Balaban J connectivity index is 1.69. The Morgan fingerprint density at radius 2 is 2.44 bits per heavy atom. The molecule has 88 valence electrons. The number of aliphatic imine (C=N–C) groups is 1. The van der Waals surface area contributed by atoms with Gasteiger partial charge in [-0.3, -0.25) is 4.99 Å². The SMILES string of the molecule is CCC1CN=C(NCCc2nc(C)no2)S1. The van der Waals surface area contributed by atoms with Gasteiger partial charge in [-0.1, -0.05) is 23.8 Å². The average molecular weight is 240 g/mol. The fraction of sp³-hybridized carbons (Fsp3) is 0.700. The Morgan fingerprint density at radius 3 is 3.06 bits per heavy atom. The second kappa shape index (κ2) is 5.34.